The summed E-state index contributed by atoms with van der Waals surface area (Å²) in [5, 5.41) is 14.2. The van der Waals surface area contributed by atoms with Gasteiger partial charge in [0.25, 0.3) is 0 Å². The minimum absolute atomic E-state index is 0.0519. The number of aliphatic carboxylic acids is 1. The van der Waals surface area contributed by atoms with Crippen molar-refractivity contribution >= 4 is 17.8 Å². The standard InChI is InChI=1S/C12H20N2O4/c1-8(10(16)13-2)14-9(15)7-12(11(17)18)5-3-4-6-12/h8H,3-7H2,1-2H3,(H,13,16)(H,14,15)(H,17,18). The SMILES string of the molecule is CNC(=O)C(C)NC(=O)CC1(C(=O)O)CCCC1. The molecule has 6 heteroatoms. The van der Waals surface area contributed by atoms with Crippen LogP contribution >= 0.6 is 0 Å². The van der Waals surface area contributed by atoms with Crippen LogP contribution in [0.4, 0.5) is 0 Å². The second-order valence-corrected chi connectivity index (χ2v) is 4.87. The van der Waals surface area contributed by atoms with Crippen LogP contribution < -0.4 is 10.6 Å². The van der Waals surface area contributed by atoms with Crippen LogP contribution in [0, 0.1) is 5.41 Å². The molecule has 6 nitrogen and oxygen atoms in total. The first-order valence-corrected chi connectivity index (χ1v) is 6.15. The van der Waals surface area contributed by atoms with Gasteiger partial charge in [0.2, 0.25) is 11.8 Å². The molecule has 0 radical (unpaired) electrons. The predicted octanol–water partition coefficient (Wildman–Crippen LogP) is 0.272. The highest BCUT2D eigenvalue weighted by molar-refractivity contribution is 5.89. The Morgan fingerprint density at radius 2 is 1.83 bits per heavy atom. The van der Waals surface area contributed by atoms with Crippen molar-refractivity contribution in [2.24, 2.45) is 5.41 Å². The molecular formula is C12H20N2O4. The van der Waals surface area contributed by atoms with Crippen LogP contribution in [0.2, 0.25) is 0 Å². The van der Waals surface area contributed by atoms with E-state index in [-0.39, 0.29) is 18.2 Å². The van der Waals surface area contributed by atoms with Crippen molar-refractivity contribution in [3.63, 3.8) is 0 Å². The maximum atomic E-state index is 11.8. The molecule has 0 saturated heterocycles. The van der Waals surface area contributed by atoms with Gasteiger partial charge in [-0.05, 0) is 19.8 Å². The number of carbonyl (C=O) groups is 3. The number of carboxylic acid groups (broad SMARTS) is 1. The lowest BCUT2D eigenvalue weighted by Crippen LogP contribution is -2.45. The van der Waals surface area contributed by atoms with E-state index in [0.29, 0.717) is 12.8 Å². The lowest BCUT2D eigenvalue weighted by molar-refractivity contribution is -0.151. The molecule has 1 saturated carbocycles. The van der Waals surface area contributed by atoms with Crippen LogP contribution in [-0.2, 0) is 14.4 Å². The summed E-state index contributed by atoms with van der Waals surface area (Å²) in [5.74, 6) is -1.59. The van der Waals surface area contributed by atoms with Crippen molar-refractivity contribution in [1.82, 2.24) is 10.6 Å². The molecule has 1 fully saturated rings. The third kappa shape index (κ3) is 3.21. The Morgan fingerprint density at radius 1 is 1.28 bits per heavy atom. The molecule has 18 heavy (non-hydrogen) atoms. The molecule has 1 unspecified atom stereocenters. The van der Waals surface area contributed by atoms with Gasteiger partial charge in [-0.15, -0.1) is 0 Å². The highest BCUT2D eigenvalue weighted by Crippen LogP contribution is 2.41. The Morgan fingerprint density at radius 3 is 2.28 bits per heavy atom. The number of hydrogen-bond donors (Lipinski definition) is 3. The molecule has 0 spiro atoms. The molecule has 1 rings (SSSR count). The number of nitrogens with one attached hydrogen (secondary N) is 2. The molecule has 3 N–H and O–H groups in total. The van der Waals surface area contributed by atoms with Gasteiger partial charge < -0.3 is 15.7 Å². The number of carbonyl (C=O) groups excluding carboxylic acids is 2. The zero-order valence-corrected chi connectivity index (χ0v) is 10.8. The maximum Gasteiger partial charge on any atom is 0.310 e. The van der Waals surface area contributed by atoms with Crippen LogP contribution in [-0.4, -0.2) is 36.0 Å². The van der Waals surface area contributed by atoms with E-state index >= 15 is 0 Å². The predicted molar refractivity (Wildman–Crippen MR) is 64.8 cm³/mol. The summed E-state index contributed by atoms with van der Waals surface area (Å²) < 4.78 is 0. The molecule has 1 aliphatic carbocycles. The normalized spacial score (nSPS) is 19.0. The van der Waals surface area contributed by atoms with Crippen molar-refractivity contribution in [2.75, 3.05) is 7.05 Å². The van der Waals surface area contributed by atoms with Crippen molar-refractivity contribution < 1.29 is 19.5 Å². The van der Waals surface area contributed by atoms with Gasteiger partial charge >= 0.3 is 5.97 Å². The quantitative estimate of drug-likeness (QED) is 0.658. The van der Waals surface area contributed by atoms with Crippen LogP contribution in [0.15, 0.2) is 0 Å². The van der Waals surface area contributed by atoms with Gasteiger partial charge in [0, 0.05) is 13.5 Å². The summed E-state index contributed by atoms with van der Waals surface area (Å²) in [5.41, 5.74) is -0.938. The summed E-state index contributed by atoms with van der Waals surface area (Å²) >= 11 is 0. The van der Waals surface area contributed by atoms with E-state index < -0.39 is 17.4 Å². The minimum Gasteiger partial charge on any atom is -0.481 e. The van der Waals surface area contributed by atoms with Crippen LogP contribution in [0.5, 0.6) is 0 Å². The van der Waals surface area contributed by atoms with E-state index in [1.54, 1.807) is 6.92 Å². The Kier molecular flexibility index (Phi) is 4.69. The highest BCUT2D eigenvalue weighted by Gasteiger charge is 2.43. The second-order valence-electron chi connectivity index (χ2n) is 4.87. The third-order valence-corrected chi connectivity index (χ3v) is 3.53. The molecule has 0 bridgehead atoms. The summed E-state index contributed by atoms with van der Waals surface area (Å²) in [4.78, 5) is 34.3. The number of likely N-dealkylation sites (N-methyl/N-ethyl adjacent to an activating group) is 1. The van der Waals surface area contributed by atoms with Gasteiger partial charge in [-0.2, -0.15) is 0 Å². The fourth-order valence-electron chi connectivity index (χ4n) is 2.40. The molecule has 0 aliphatic heterocycles. The van der Waals surface area contributed by atoms with E-state index in [1.807, 2.05) is 0 Å². The van der Waals surface area contributed by atoms with Gasteiger partial charge in [0.15, 0.2) is 0 Å². The highest BCUT2D eigenvalue weighted by atomic mass is 16.4. The van der Waals surface area contributed by atoms with E-state index in [1.165, 1.54) is 7.05 Å². The lowest BCUT2D eigenvalue weighted by atomic mass is 9.82. The maximum absolute atomic E-state index is 11.8. The van der Waals surface area contributed by atoms with Gasteiger partial charge in [-0.25, -0.2) is 0 Å². The average molecular weight is 256 g/mol. The van der Waals surface area contributed by atoms with Crippen LogP contribution in [0.1, 0.15) is 39.0 Å². The summed E-state index contributed by atoms with van der Waals surface area (Å²) in [6, 6.07) is -0.644. The number of amides is 2. The largest absolute Gasteiger partial charge is 0.481 e. The number of hydrogen-bond acceptors (Lipinski definition) is 3. The average Bonchev–Trinajstić information content (AvgIpc) is 2.77. The number of carboxylic acids is 1. The summed E-state index contributed by atoms with van der Waals surface area (Å²) in [7, 11) is 1.49. The van der Waals surface area contributed by atoms with Gasteiger partial charge in [-0.1, -0.05) is 12.8 Å². The van der Waals surface area contributed by atoms with Gasteiger partial charge in [0.1, 0.15) is 6.04 Å². The van der Waals surface area contributed by atoms with E-state index in [0.717, 1.165) is 12.8 Å². The van der Waals surface area contributed by atoms with Gasteiger partial charge in [-0.3, -0.25) is 14.4 Å². The van der Waals surface area contributed by atoms with Crippen molar-refractivity contribution in [1.29, 1.82) is 0 Å². The zero-order valence-electron chi connectivity index (χ0n) is 10.8. The molecular weight excluding hydrogens is 236 g/mol. The first-order chi connectivity index (χ1) is 8.41. The number of rotatable bonds is 5. The molecule has 102 valence electrons. The molecule has 0 aromatic heterocycles. The third-order valence-electron chi connectivity index (χ3n) is 3.53. The molecule has 1 aliphatic rings. The second kappa shape index (κ2) is 5.84. The molecule has 2 amide bonds. The Hall–Kier alpha value is -1.59. The van der Waals surface area contributed by atoms with Crippen molar-refractivity contribution in [2.45, 2.75) is 45.1 Å². The van der Waals surface area contributed by atoms with E-state index in [4.69, 9.17) is 0 Å². The molecule has 0 heterocycles. The lowest BCUT2D eigenvalue weighted by Gasteiger charge is -2.23. The van der Waals surface area contributed by atoms with Crippen LogP contribution in [0.3, 0.4) is 0 Å². The first-order valence-electron chi connectivity index (χ1n) is 6.15. The monoisotopic (exact) mass is 256 g/mol. The summed E-state index contributed by atoms with van der Waals surface area (Å²) in [6.07, 6.45) is 2.69. The van der Waals surface area contributed by atoms with Crippen LogP contribution in [0.25, 0.3) is 0 Å². The minimum atomic E-state index is -0.938. The fourth-order valence-corrected chi connectivity index (χ4v) is 2.40. The smallest absolute Gasteiger partial charge is 0.310 e. The van der Waals surface area contributed by atoms with E-state index in [2.05, 4.69) is 10.6 Å². The fraction of sp³-hybridized carbons (Fsp3) is 0.750. The first kappa shape index (κ1) is 14.5. The summed E-state index contributed by atoms with van der Waals surface area (Å²) in [6.45, 7) is 1.57. The Bertz CT molecular complexity index is 348. The Balaban J connectivity index is 2.58. The van der Waals surface area contributed by atoms with Gasteiger partial charge in [0.05, 0.1) is 5.41 Å². The molecule has 0 aromatic carbocycles. The van der Waals surface area contributed by atoms with Crippen molar-refractivity contribution in [3.05, 3.63) is 0 Å². The molecule has 0 aromatic rings. The zero-order chi connectivity index (χ0) is 13.8. The topological polar surface area (TPSA) is 95.5 Å². The van der Waals surface area contributed by atoms with Crippen molar-refractivity contribution in [3.8, 4) is 0 Å². The van der Waals surface area contributed by atoms with E-state index in [9.17, 15) is 19.5 Å². The molecule has 1 atom stereocenters. The Labute approximate surface area is 106 Å².